The van der Waals surface area contributed by atoms with Crippen molar-refractivity contribution in [1.29, 1.82) is 0 Å². The summed E-state index contributed by atoms with van der Waals surface area (Å²) in [6, 6.07) is 17.1. The predicted octanol–water partition coefficient (Wildman–Crippen LogP) is 5.16. The standard InChI is InChI=1S/C20H15ClO3/c1-24-20(23)19-16(11-17(21)12-18(19)22)9-7-13-6-8-14-4-2-3-5-15(14)10-13/h2-12,22H,1H3/b9-7+. The van der Waals surface area contributed by atoms with Gasteiger partial charge < -0.3 is 9.84 Å². The maximum atomic E-state index is 11.9. The van der Waals surface area contributed by atoms with Crippen LogP contribution in [0.25, 0.3) is 22.9 Å². The molecular formula is C20H15ClO3. The van der Waals surface area contributed by atoms with E-state index in [-0.39, 0.29) is 11.3 Å². The molecule has 0 atom stereocenters. The van der Waals surface area contributed by atoms with Crippen LogP contribution in [0.4, 0.5) is 0 Å². The van der Waals surface area contributed by atoms with E-state index in [2.05, 4.69) is 0 Å². The van der Waals surface area contributed by atoms with Gasteiger partial charge in [-0.3, -0.25) is 0 Å². The smallest absolute Gasteiger partial charge is 0.342 e. The Morgan fingerprint density at radius 3 is 2.54 bits per heavy atom. The summed E-state index contributed by atoms with van der Waals surface area (Å²) in [5.74, 6) is -0.810. The lowest BCUT2D eigenvalue weighted by Gasteiger charge is -2.07. The molecule has 0 bridgehead atoms. The zero-order valence-corrected chi connectivity index (χ0v) is 13.7. The molecule has 0 fully saturated rings. The fourth-order valence-electron chi connectivity index (χ4n) is 2.57. The van der Waals surface area contributed by atoms with Crippen LogP contribution in [0.3, 0.4) is 0 Å². The lowest BCUT2D eigenvalue weighted by Crippen LogP contribution is -2.04. The monoisotopic (exact) mass is 338 g/mol. The van der Waals surface area contributed by atoms with E-state index in [1.54, 1.807) is 12.1 Å². The van der Waals surface area contributed by atoms with Crippen LogP contribution in [0.5, 0.6) is 5.75 Å². The van der Waals surface area contributed by atoms with Gasteiger partial charge in [0.2, 0.25) is 0 Å². The Balaban J connectivity index is 2.02. The Labute approximate surface area is 144 Å². The molecule has 0 saturated carbocycles. The first-order valence-electron chi connectivity index (χ1n) is 7.36. The van der Waals surface area contributed by atoms with Gasteiger partial charge in [0.1, 0.15) is 11.3 Å². The van der Waals surface area contributed by atoms with Gasteiger partial charge in [-0.15, -0.1) is 0 Å². The van der Waals surface area contributed by atoms with Crippen molar-refractivity contribution in [2.45, 2.75) is 0 Å². The maximum absolute atomic E-state index is 11.9. The molecule has 0 saturated heterocycles. The van der Waals surface area contributed by atoms with Gasteiger partial charge in [0.15, 0.2) is 0 Å². The van der Waals surface area contributed by atoms with Crippen LogP contribution in [0.15, 0.2) is 54.6 Å². The molecule has 24 heavy (non-hydrogen) atoms. The second-order valence-corrected chi connectivity index (χ2v) is 5.76. The third-order valence-corrected chi connectivity index (χ3v) is 3.95. The van der Waals surface area contributed by atoms with E-state index in [4.69, 9.17) is 16.3 Å². The maximum Gasteiger partial charge on any atom is 0.342 e. The van der Waals surface area contributed by atoms with Gasteiger partial charge in [0.25, 0.3) is 0 Å². The highest BCUT2D eigenvalue weighted by molar-refractivity contribution is 6.31. The molecule has 3 rings (SSSR count). The minimum absolute atomic E-state index is 0.0962. The summed E-state index contributed by atoms with van der Waals surface area (Å²) in [5, 5.41) is 12.6. The first kappa shape index (κ1) is 16.1. The van der Waals surface area contributed by atoms with Gasteiger partial charge in [-0.05, 0) is 40.1 Å². The third kappa shape index (κ3) is 3.26. The van der Waals surface area contributed by atoms with Crippen molar-refractivity contribution in [1.82, 2.24) is 0 Å². The van der Waals surface area contributed by atoms with E-state index in [1.165, 1.54) is 13.2 Å². The Bertz CT molecular complexity index is 945. The molecule has 120 valence electrons. The molecule has 3 aromatic carbocycles. The number of hydrogen-bond acceptors (Lipinski definition) is 3. The summed E-state index contributed by atoms with van der Waals surface area (Å²) in [5.41, 5.74) is 1.57. The molecule has 0 aliphatic heterocycles. The van der Waals surface area contributed by atoms with Crippen molar-refractivity contribution in [3.63, 3.8) is 0 Å². The lowest BCUT2D eigenvalue weighted by atomic mass is 10.0. The number of carbonyl (C=O) groups excluding carboxylic acids is 1. The lowest BCUT2D eigenvalue weighted by molar-refractivity contribution is 0.0597. The van der Waals surface area contributed by atoms with Crippen LogP contribution in [0, 0.1) is 0 Å². The summed E-state index contributed by atoms with van der Waals surface area (Å²) >= 11 is 5.98. The first-order valence-corrected chi connectivity index (χ1v) is 7.74. The van der Waals surface area contributed by atoms with E-state index in [0.717, 1.165) is 16.3 Å². The molecule has 0 aromatic heterocycles. The minimum Gasteiger partial charge on any atom is -0.507 e. The van der Waals surface area contributed by atoms with E-state index in [9.17, 15) is 9.90 Å². The second-order valence-electron chi connectivity index (χ2n) is 5.32. The number of fused-ring (bicyclic) bond motifs is 1. The number of esters is 1. The summed E-state index contributed by atoms with van der Waals surface area (Å²) < 4.78 is 4.73. The summed E-state index contributed by atoms with van der Waals surface area (Å²) in [6.07, 6.45) is 3.60. The molecule has 0 spiro atoms. The van der Waals surface area contributed by atoms with Gasteiger partial charge in [-0.1, -0.05) is 60.2 Å². The summed E-state index contributed by atoms with van der Waals surface area (Å²) in [7, 11) is 1.27. The van der Waals surface area contributed by atoms with Gasteiger partial charge in [0, 0.05) is 5.02 Å². The number of phenolic OH excluding ortho intramolecular Hbond substituents is 1. The summed E-state index contributed by atoms with van der Waals surface area (Å²) in [4.78, 5) is 11.9. The van der Waals surface area contributed by atoms with E-state index >= 15 is 0 Å². The molecule has 0 aliphatic rings. The molecule has 0 aliphatic carbocycles. The van der Waals surface area contributed by atoms with E-state index < -0.39 is 5.97 Å². The van der Waals surface area contributed by atoms with Crippen molar-refractivity contribution in [2.24, 2.45) is 0 Å². The van der Waals surface area contributed by atoms with Crippen LogP contribution >= 0.6 is 11.6 Å². The first-order chi connectivity index (χ1) is 11.6. The number of halogens is 1. The van der Waals surface area contributed by atoms with E-state index in [1.807, 2.05) is 48.5 Å². The average molecular weight is 339 g/mol. The average Bonchev–Trinajstić information content (AvgIpc) is 2.58. The van der Waals surface area contributed by atoms with Crippen LogP contribution in [0.2, 0.25) is 5.02 Å². The highest BCUT2D eigenvalue weighted by Crippen LogP contribution is 2.29. The topological polar surface area (TPSA) is 46.5 Å². The second kappa shape index (κ2) is 6.77. The predicted molar refractivity (Wildman–Crippen MR) is 97.3 cm³/mol. The number of methoxy groups -OCH3 is 1. The highest BCUT2D eigenvalue weighted by Gasteiger charge is 2.16. The summed E-state index contributed by atoms with van der Waals surface area (Å²) in [6.45, 7) is 0. The largest absolute Gasteiger partial charge is 0.507 e. The number of hydrogen-bond donors (Lipinski definition) is 1. The number of phenols is 1. The number of carbonyl (C=O) groups is 1. The van der Waals surface area contributed by atoms with Crippen LogP contribution in [-0.2, 0) is 4.74 Å². The van der Waals surface area contributed by atoms with Crippen molar-refractivity contribution in [3.05, 3.63) is 76.3 Å². The number of aromatic hydroxyl groups is 1. The molecule has 1 N–H and O–H groups in total. The van der Waals surface area contributed by atoms with Gasteiger partial charge in [0.05, 0.1) is 7.11 Å². The number of ether oxygens (including phenoxy) is 1. The minimum atomic E-state index is -0.609. The number of benzene rings is 3. The molecule has 0 heterocycles. The van der Waals surface area contributed by atoms with Crippen LogP contribution in [-0.4, -0.2) is 18.2 Å². The van der Waals surface area contributed by atoms with Crippen molar-refractivity contribution < 1.29 is 14.6 Å². The Morgan fingerprint density at radius 1 is 1.04 bits per heavy atom. The number of rotatable bonds is 3. The van der Waals surface area contributed by atoms with Crippen molar-refractivity contribution in [3.8, 4) is 5.75 Å². The van der Waals surface area contributed by atoms with Gasteiger partial charge >= 0.3 is 5.97 Å². The highest BCUT2D eigenvalue weighted by atomic mass is 35.5. The molecule has 0 radical (unpaired) electrons. The zero-order chi connectivity index (χ0) is 17.1. The fourth-order valence-corrected chi connectivity index (χ4v) is 2.79. The SMILES string of the molecule is COC(=O)c1c(O)cc(Cl)cc1/C=C/c1ccc2ccccc2c1. The molecule has 4 heteroatoms. The Hall–Kier alpha value is -2.78. The normalized spacial score (nSPS) is 11.1. The zero-order valence-electron chi connectivity index (χ0n) is 13.0. The molecule has 0 amide bonds. The van der Waals surface area contributed by atoms with Crippen molar-refractivity contribution >= 4 is 40.5 Å². The quantitative estimate of drug-likeness (QED) is 0.530. The molecule has 3 aromatic rings. The van der Waals surface area contributed by atoms with Crippen LogP contribution < -0.4 is 0 Å². The van der Waals surface area contributed by atoms with Gasteiger partial charge in [-0.2, -0.15) is 0 Å². The van der Waals surface area contributed by atoms with Gasteiger partial charge in [-0.25, -0.2) is 4.79 Å². The molecular weight excluding hydrogens is 324 g/mol. The fraction of sp³-hybridized carbons (Fsp3) is 0.0500. The van der Waals surface area contributed by atoms with Crippen molar-refractivity contribution in [2.75, 3.05) is 7.11 Å². The van der Waals surface area contributed by atoms with E-state index in [0.29, 0.717) is 10.6 Å². The molecule has 0 unspecified atom stereocenters. The third-order valence-electron chi connectivity index (χ3n) is 3.73. The van der Waals surface area contributed by atoms with Crippen LogP contribution in [0.1, 0.15) is 21.5 Å². The Kier molecular flexibility index (Phi) is 4.54. The molecule has 3 nitrogen and oxygen atoms in total. The Morgan fingerprint density at radius 2 is 1.79 bits per heavy atom.